The van der Waals surface area contributed by atoms with Crippen molar-refractivity contribution in [3.05, 3.63) is 77.2 Å². The van der Waals surface area contributed by atoms with Gasteiger partial charge >= 0.3 is 5.69 Å². The maximum atomic E-state index is 13.1. The van der Waals surface area contributed by atoms with Gasteiger partial charge in [0, 0.05) is 12.4 Å². The predicted molar refractivity (Wildman–Crippen MR) is 105 cm³/mol. The number of anilines is 1. The van der Waals surface area contributed by atoms with Crippen LogP contribution in [0.25, 0.3) is 5.65 Å². The summed E-state index contributed by atoms with van der Waals surface area (Å²) >= 11 is 0. The minimum absolute atomic E-state index is 0.0464. The normalized spacial score (nSPS) is 10.7. The molecule has 2 aromatic heterocycles. The second-order valence-electron chi connectivity index (χ2n) is 6.17. The van der Waals surface area contributed by atoms with Crippen molar-refractivity contribution in [3.8, 4) is 17.4 Å². The molecule has 0 fully saturated rings. The average Bonchev–Trinajstić information content (AvgIpc) is 3.06. The Labute approximate surface area is 169 Å². The first-order chi connectivity index (χ1) is 14.5. The average molecular weight is 409 g/mol. The van der Waals surface area contributed by atoms with Crippen molar-refractivity contribution in [2.24, 2.45) is 0 Å². The van der Waals surface area contributed by atoms with E-state index in [1.807, 2.05) is 0 Å². The van der Waals surface area contributed by atoms with Gasteiger partial charge in [-0.1, -0.05) is 12.1 Å². The molecule has 0 atom stereocenters. The molecule has 0 spiro atoms. The van der Waals surface area contributed by atoms with Gasteiger partial charge in [-0.2, -0.15) is 0 Å². The van der Waals surface area contributed by atoms with Gasteiger partial charge in [-0.05, 0) is 36.4 Å². The van der Waals surface area contributed by atoms with E-state index in [0.717, 1.165) is 4.68 Å². The molecule has 0 bridgehead atoms. The third-order valence-electron chi connectivity index (χ3n) is 4.17. The number of carbonyl (C=O) groups excluding carboxylic acids is 1. The zero-order valence-electron chi connectivity index (χ0n) is 15.8. The van der Waals surface area contributed by atoms with E-state index in [-0.39, 0.29) is 18.1 Å². The third kappa shape index (κ3) is 3.83. The van der Waals surface area contributed by atoms with Crippen molar-refractivity contribution in [3.63, 3.8) is 0 Å². The fourth-order valence-electron chi connectivity index (χ4n) is 2.79. The summed E-state index contributed by atoms with van der Waals surface area (Å²) < 4.78 is 26.1. The molecular formula is C20H16FN5O4. The number of amides is 1. The van der Waals surface area contributed by atoms with Gasteiger partial charge in [-0.25, -0.2) is 23.3 Å². The van der Waals surface area contributed by atoms with Gasteiger partial charge in [0.05, 0.1) is 12.8 Å². The van der Waals surface area contributed by atoms with Gasteiger partial charge in [-0.15, -0.1) is 5.10 Å². The van der Waals surface area contributed by atoms with Crippen LogP contribution in [0, 0.1) is 5.82 Å². The molecule has 0 radical (unpaired) electrons. The van der Waals surface area contributed by atoms with Crippen molar-refractivity contribution >= 4 is 17.2 Å². The molecule has 152 valence electrons. The van der Waals surface area contributed by atoms with E-state index in [0.29, 0.717) is 17.2 Å². The second-order valence-corrected chi connectivity index (χ2v) is 6.17. The standard InChI is InChI=1S/C20H16FN5O4/c1-29-16-5-3-2-4-15(16)23-17(27)12-26-20(28)25-11-10-22-19(18(25)24-26)30-14-8-6-13(21)7-9-14/h2-11H,12H2,1H3,(H,23,27). The summed E-state index contributed by atoms with van der Waals surface area (Å²) in [7, 11) is 1.49. The number of carbonyl (C=O) groups is 1. The van der Waals surface area contributed by atoms with Crippen molar-refractivity contribution in [1.29, 1.82) is 0 Å². The topological polar surface area (TPSA) is 99.8 Å². The number of hydrogen-bond donors (Lipinski definition) is 1. The summed E-state index contributed by atoms with van der Waals surface area (Å²) in [6, 6.07) is 12.2. The maximum absolute atomic E-state index is 13.1. The molecule has 9 nitrogen and oxygen atoms in total. The van der Waals surface area contributed by atoms with Gasteiger partial charge in [0.2, 0.25) is 11.6 Å². The van der Waals surface area contributed by atoms with Crippen LogP contribution in [0.2, 0.25) is 0 Å². The molecule has 10 heteroatoms. The highest BCUT2D eigenvalue weighted by Gasteiger charge is 2.16. The lowest BCUT2D eigenvalue weighted by Crippen LogP contribution is -2.28. The summed E-state index contributed by atoms with van der Waals surface area (Å²) in [5, 5.41) is 6.85. The van der Waals surface area contributed by atoms with E-state index in [9.17, 15) is 14.0 Å². The second kappa shape index (κ2) is 8.03. The Balaban J connectivity index is 1.59. The van der Waals surface area contributed by atoms with Gasteiger partial charge in [0.15, 0.2) is 0 Å². The number of nitrogens with one attached hydrogen (secondary N) is 1. The van der Waals surface area contributed by atoms with Crippen LogP contribution in [0.15, 0.2) is 65.7 Å². The zero-order chi connectivity index (χ0) is 21.1. The molecule has 0 aliphatic heterocycles. The fourth-order valence-corrected chi connectivity index (χ4v) is 2.79. The van der Waals surface area contributed by atoms with Crippen molar-refractivity contribution in [2.45, 2.75) is 6.54 Å². The number of methoxy groups -OCH3 is 1. The smallest absolute Gasteiger partial charge is 0.351 e. The lowest BCUT2D eigenvalue weighted by molar-refractivity contribution is -0.117. The molecule has 4 rings (SSSR count). The SMILES string of the molecule is COc1ccccc1NC(=O)Cn1nc2c(Oc3ccc(F)cc3)nccn2c1=O. The number of nitrogens with zero attached hydrogens (tertiary/aromatic N) is 4. The summed E-state index contributed by atoms with van der Waals surface area (Å²) in [6.45, 7) is -0.325. The largest absolute Gasteiger partial charge is 0.495 e. The van der Waals surface area contributed by atoms with Crippen LogP contribution in [0.3, 0.4) is 0 Å². The van der Waals surface area contributed by atoms with Crippen molar-refractivity contribution < 1.29 is 18.7 Å². The maximum Gasteiger partial charge on any atom is 0.351 e. The number of ether oxygens (including phenoxy) is 2. The summed E-state index contributed by atoms with van der Waals surface area (Å²) in [6.07, 6.45) is 2.78. The van der Waals surface area contributed by atoms with Crippen LogP contribution < -0.4 is 20.5 Å². The van der Waals surface area contributed by atoms with Crippen LogP contribution >= 0.6 is 0 Å². The van der Waals surface area contributed by atoms with Crippen LogP contribution in [0.1, 0.15) is 0 Å². The Morgan fingerprint density at radius 2 is 1.93 bits per heavy atom. The number of halogens is 1. The van der Waals surface area contributed by atoms with Crippen LogP contribution in [0.4, 0.5) is 10.1 Å². The molecular weight excluding hydrogens is 393 g/mol. The number of para-hydroxylation sites is 2. The molecule has 4 aromatic rings. The van der Waals surface area contributed by atoms with Gasteiger partial charge < -0.3 is 14.8 Å². The van der Waals surface area contributed by atoms with E-state index < -0.39 is 17.4 Å². The Hall–Kier alpha value is -4.21. The lowest BCUT2D eigenvalue weighted by Gasteiger charge is -2.09. The minimum atomic E-state index is -0.536. The first kappa shape index (κ1) is 19.1. The molecule has 0 aliphatic carbocycles. The molecule has 2 heterocycles. The predicted octanol–water partition coefficient (Wildman–Crippen LogP) is 2.47. The number of benzene rings is 2. The fraction of sp³-hybridized carbons (Fsp3) is 0.100. The molecule has 0 saturated heterocycles. The van der Waals surface area contributed by atoms with Crippen LogP contribution in [0.5, 0.6) is 17.4 Å². The number of aromatic nitrogens is 4. The molecule has 2 aromatic carbocycles. The highest BCUT2D eigenvalue weighted by Crippen LogP contribution is 2.23. The molecule has 0 saturated carbocycles. The highest BCUT2D eigenvalue weighted by atomic mass is 19.1. The molecule has 0 aliphatic rings. The molecule has 1 amide bonds. The Kier molecular flexibility index (Phi) is 5.12. The number of hydrogen-bond acceptors (Lipinski definition) is 6. The van der Waals surface area contributed by atoms with E-state index in [2.05, 4.69) is 15.4 Å². The summed E-state index contributed by atoms with van der Waals surface area (Å²) in [5.41, 5.74) is 0.0623. The highest BCUT2D eigenvalue weighted by molar-refractivity contribution is 5.92. The summed E-state index contributed by atoms with van der Waals surface area (Å²) in [5.74, 6) is -0.000524. The monoisotopic (exact) mass is 409 g/mol. The quantitative estimate of drug-likeness (QED) is 0.525. The van der Waals surface area contributed by atoms with Crippen LogP contribution in [-0.4, -0.2) is 32.2 Å². The van der Waals surface area contributed by atoms with E-state index in [1.54, 1.807) is 24.3 Å². The van der Waals surface area contributed by atoms with Crippen molar-refractivity contribution in [2.75, 3.05) is 12.4 Å². The summed E-state index contributed by atoms with van der Waals surface area (Å²) in [4.78, 5) is 29.1. The zero-order valence-corrected chi connectivity index (χ0v) is 15.8. The Morgan fingerprint density at radius 1 is 1.17 bits per heavy atom. The van der Waals surface area contributed by atoms with Gasteiger partial charge in [-0.3, -0.25) is 4.79 Å². The van der Waals surface area contributed by atoms with Crippen LogP contribution in [-0.2, 0) is 11.3 Å². The van der Waals surface area contributed by atoms with Gasteiger partial charge in [0.1, 0.15) is 23.9 Å². The Morgan fingerprint density at radius 3 is 2.70 bits per heavy atom. The van der Waals surface area contributed by atoms with E-state index >= 15 is 0 Å². The minimum Gasteiger partial charge on any atom is -0.495 e. The molecule has 30 heavy (non-hydrogen) atoms. The first-order valence-corrected chi connectivity index (χ1v) is 8.85. The number of rotatable bonds is 6. The van der Waals surface area contributed by atoms with E-state index in [1.165, 1.54) is 48.2 Å². The van der Waals surface area contributed by atoms with E-state index in [4.69, 9.17) is 9.47 Å². The number of fused-ring (bicyclic) bond motifs is 1. The molecule has 0 unspecified atom stereocenters. The molecule has 1 N–H and O–H groups in total. The Bertz CT molecular complexity index is 1270. The van der Waals surface area contributed by atoms with Crippen molar-refractivity contribution in [1.82, 2.24) is 19.2 Å². The first-order valence-electron chi connectivity index (χ1n) is 8.85. The lowest BCUT2D eigenvalue weighted by atomic mass is 10.3. The van der Waals surface area contributed by atoms with Gasteiger partial charge in [0.25, 0.3) is 5.88 Å². The third-order valence-corrected chi connectivity index (χ3v) is 4.17.